The number of benzene rings is 2. The van der Waals surface area contributed by atoms with Crippen molar-refractivity contribution in [3.05, 3.63) is 54.4 Å². The van der Waals surface area contributed by atoms with Gasteiger partial charge < -0.3 is 39.6 Å². The largest absolute Gasteiger partial charge is 0.494 e. The Morgan fingerprint density at radius 1 is 1.20 bits per heavy atom. The number of unbranched alkanes of at least 4 members (excludes halogenated alkanes) is 1. The van der Waals surface area contributed by atoms with E-state index in [1.165, 1.54) is 5.52 Å². The number of nitrogens with one attached hydrogen (secondary N) is 1. The van der Waals surface area contributed by atoms with Gasteiger partial charge in [0.2, 0.25) is 5.95 Å². The molecule has 234 valence electrons. The zero-order valence-corrected chi connectivity index (χ0v) is 26.3. The molecule has 44 heavy (non-hydrogen) atoms. The summed E-state index contributed by atoms with van der Waals surface area (Å²) in [5.74, 6) is 1.02. The number of carbonyl (C=O) groups excluding carboxylic acids is 1. The van der Waals surface area contributed by atoms with E-state index in [1.54, 1.807) is 18.2 Å². The first-order valence-corrected chi connectivity index (χ1v) is 15.2. The molecule has 0 bridgehead atoms. The molecule has 0 saturated carbocycles. The Hall–Kier alpha value is -4.51. The van der Waals surface area contributed by atoms with Crippen molar-refractivity contribution in [2.45, 2.75) is 52.8 Å². The van der Waals surface area contributed by atoms with E-state index in [-0.39, 0.29) is 12.1 Å². The van der Waals surface area contributed by atoms with Crippen LogP contribution in [0.5, 0.6) is 5.75 Å². The predicted molar refractivity (Wildman–Crippen MR) is 175 cm³/mol. The average molecular weight is 602 g/mol. The van der Waals surface area contributed by atoms with Crippen molar-refractivity contribution >= 4 is 40.0 Å². The third kappa shape index (κ3) is 6.52. The maximum Gasteiger partial charge on any atom is 0.410 e. The number of amides is 1. The number of nitrogen functional groups attached to an aromatic ring is 1. The van der Waals surface area contributed by atoms with Crippen LogP contribution in [0.15, 0.2) is 48.7 Å². The lowest BCUT2D eigenvalue weighted by molar-refractivity contribution is 0.0869. The molecule has 11 heteroatoms. The van der Waals surface area contributed by atoms with Crippen LogP contribution in [-0.2, 0) is 22.6 Å². The normalized spacial score (nSPS) is 12.7. The first kappa shape index (κ1) is 30.9. The topological polar surface area (TPSA) is 120 Å². The molecule has 2 aromatic carbocycles. The number of likely N-dealkylation sites (N-methyl/N-ethyl adjacent to an activating group) is 1. The molecule has 2 aromatic heterocycles. The highest BCUT2D eigenvalue weighted by molar-refractivity contribution is 5.97. The lowest BCUT2D eigenvalue weighted by atomic mass is 10.1. The summed E-state index contributed by atoms with van der Waals surface area (Å²) >= 11 is 0. The fourth-order valence-electron chi connectivity index (χ4n) is 5.56. The van der Waals surface area contributed by atoms with Crippen LogP contribution in [0.25, 0.3) is 22.2 Å². The molecule has 3 N–H and O–H groups in total. The summed E-state index contributed by atoms with van der Waals surface area (Å²) in [7, 11) is 3.56. The molecule has 0 saturated heterocycles. The second-order valence-electron chi connectivity index (χ2n) is 11.2. The van der Waals surface area contributed by atoms with Crippen LogP contribution in [0.1, 0.15) is 39.3 Å². The van der Waals surface area contributed by atoms with Gasteiger partial charge >= 0.3 is 6.09 Å². The van der Waals surface area contributed by atoms with E-state index in [1.807, 2.05) is 50.1 Å². The van der Waals surface area contributed by atoms with Crippen LogP contribution >= 0.6 is 0 Å². The lowest BCUT2D eigenvalue weighted by Gasteiger charge is -2.29. The van der Waals surface area contributed by atoms with Crippen molar-refractivity contribution in [1.29, 1.82) is 0 Å². The van der Waals surface area contributed by atoms with Gasteiger partial charge in [0.1, 0.15) is 5.75 Å². The molecule has 4 aromatic rings. The second kappa shape index (κ2) is 13.9. The Bertz CT molecular complexity index is 1600. The summed E-state index contributed by atoms with van der Waals surface area (Å²) in [6, 6.07) is 14.0. The summed E-state index contributed by atoms with van der Waals surface area (Å²) in [5.41, 5.74) is 12.7. The molecule has 0 atom stereocenters. The van der Waals surface area contributed by atoms with Crippen LogP contribution in [0.3, 0.4) is 0 Å². The molecule has 1 amide bonds. The first-order valence-electron chi connectivity index (χ1n) is 15.2. The van der Waals surface area contributed by atoms with Crippen molar-refractivity contribution in [2.24, 2.45) is 0 Å². The van der Waals surface area contributed by atoms with Crippen LogP contribution < -0.4 is 20.7 Å². The number of nitrogens with two attached hydrogens (primary N) is 1. The minimum atomic E-state index is -0.296. The second-order valence-corrected chi connectivity index (χ2v) is 11.2. The van der Waals surface area contributed by atoms with Gasteiger partial charge in [-0.3, -0.25) is 0 Å². The number of ether oxygens (including phenoxy) is 3. The third-order valence-corrected chi connectivity index (χ3v) is 7.95. The molecule has 1 aliphatic rings. The fraction of sp³-hybridized carbons (Fsp3) is 0.424. The lowest BCUT2D eigenvalue weighted by Crippen LogP contribution is -2.42. The van der Waals surface area contributed by atoms with Crippen molar-refractivity contribution in [2.75, 3.05) is 56.4 Å². The molecular formula is C33H43N7O4. The maximum absolute atomic E-state index is 12.6. The number of fused-ring (bicyclic) bond motifs is 3. The van der Waals surface area contributed by atoms with E-state index >= 15 is 0 Å². The molecule has 0 unspecified atom stereocenters. The number of methoxy groups -OCH3 is 1. The van der Waals surface area contributed by atoms with Gasteiger partial charge in [-0.1, -0.05) is 31.5 Å². The number of hydrogen-bond acceptors (Lipinski definition) is 9. The van der Waals surface area contributed by atoms with Crippen LogP contribution in [0, 0.1) is 0 Å². The molecule has 11 nitrogen and oxygen atoms in total. The van der Waals surface area contributed by atoms with E-state index in [0.29, 0.717) is 56.0 Å². The summed E-state index contributed by atoms with van der Waals surface area (Å²) in [4.78, 5) is 25.8. The molecule has 0 radical (unpaired) electrons. The zero-order chi connectivity index (χ0) is 31.2. The Labute approximate surface area is 258 Å². The van der Waals surface area contributed by atoms with E-state index in [0.717, 1.165) is 47.4 Å². The summed E-state index contributed by atoms with van der Waals surface area (Å²) < 4.78 is 19.3. The average Bonchev–Trinajstić information content (AvgIpc) is 3.36. The number of hydrogen-bond donors (Lipinski definition) is 2. The van der Waals surface area contributed by atoms with Crippen molar-refractivity contribution in [1.82, 2.24) is 19.4 Å². The minimum absolute atomic E-state index is 0.00902. The van der Waals surface area contributed by atoms with E-state index in [4.69, 9.17) is 24.9 Å². The number of carbonyl (C=O) groups is 1. The van der Waals surface area contributed by atoms with Crippen molar-refractivity contribution in [3.8, 4) is 17.0 Å². The van der Waals surface area contributed by atoms with E-state index < -0.39 is 0 Å². The van der Waals surface area contributed by atoms with Gasteiger partial charge in [0.25, 0.3) is 0 Å². The van der Waals surface area contributed by atoms with E-state index in [9.17, 15) is 4.79 Å². The minimum Gasteiger partial charge on any atom is -0.494 e. The van der Waals surface area contributed by atoms with Gasteiger partial charge in [-0.15, -0.1) is 0 Å². The zero-order valence-electron chi connectivity index (χ0n) is 26.3. The summed E-state index contributed by atoms with van der Waals surface area (Å²) in [6.45, 7) is 9.55. The molecule has 0 spiro atoms. The van der Waals surface area contributed by atoms with Gasteiger partial charge in [0.05, 0.1) is 55.4 Å². The third-order valence-electron chi connectivity index (χ3n) is 7.95. The number of para-hydroxylation sites is 1. The Morgan fingerprint density at radius 2 is 2.02 bits per heavy atom. The molecule has 0 aliphatic carbocycles. The van der Waals surface area contributed by atoms with Gasteiger partial charge in [-0.2, -0.15) is 0 Å². The van der Waals surface area contributed by atoms with Gasteiger partial charge in [-0.25, -0.2) is 14.8 Å². The molecule has 1 aliphatic heterocycles. The molecule has 0 fully saturated rings. The monoisotopic (exact) mass is 601 g/mol. The Morgan fingerprint density at radius 3 is 2.80 bits per heavy atom. The summed E-state index contributed by atoms with van der Waals surface area (Å²) in [5, 5.41) is 4.45. The Balaban J connectivity index is 1.35. The van der Waals surface area contributed by atoms with Crippen LogP contribution in [0.2, 0.25) is 0 Å². The van der Waals surface area contributed by atoms with Crippen molar-refractivity contribution in [3.63, 3.8) is 0 Å². The maximum atomic E-state index is 12.6. The van der Waals surface area contributed by atoms with E-state index in [2.05, 4.69) is 40.0 Å². The molecule has 3 heterocycles. The SMILES string of the molecule is CCCCOC(=O)N(CCN(C)c1cc(OC)c(Nc2nccc(-c3c4n(c5ccccc35)CCOC4)n2)cc1N)C(C)C. The van der Waals surface area contributed by atoms with Crippen molar-refractivity contribution < 1.29 is 19.0 Å². The number of anilines is 4. The number of aromatic nitrogens is 3. The highest BCUT2D eigenvalue weighted by Crippen LogP contribution is 2.38. The molecule has 5 rings (SSSR count). The smallest absolute Gasteiger partial charge is 0.410 e. The highest BCUT2D eigenvalue weighted by Gasteiger charge is 2.23. The fourth-order valence-corrected chi connectivity index (χ4v) is 5.56. The Kier molecular flexibility index (Phi) is 9.74. The van der Waals surface area contributed by atoms with Crippen LogP contribution in [0.4, 0.5) is 27.8 Å². The standard InChI is InChI=1S/C33H43N7O4/c1-6-7-17-44-33(41)39(22(2)3)15-14-38(4)28-20-30(42-5)26(19-24(28)34)37-32-35-13-12-25(36-32)31-23-10-8-9-11-27(23)40-16-18-43-21-29(31)40/h8-13,19-20,22H,6-7,14-18,21,34H2,1-5H3,(H,35,36,37). The van der Waals surface area contributed by atoms with Gasteiger partial charge in [0, 0.05) is 61.5 Å². The number of nitrogens with zero attached hydrogens (tertiary/aromatic N) is 5. The van der Waals surface area contributed by atoms with Gasteiger partial charge in [-0.05, 0) is 38.5 Å². The van der Waals surface area contributed by atoms with Gasteiger partial charge in [0.15, 0.2) is 0 Å². The first-order chi connectivity index (χ1) is 21.3. The van der Waals surface area contributed by atoms with Crippen LogP contribution in [-0.4, -0.2) is 72.0 Å². The highest BCUT2D eigenvalue weighted by atomic mass is 16.6. The number of rotatable bonds is 12. The predicted octanol–water partition coefficient (Wildman–Crippen LogP) is 6.05. The summed E-state index contributed by atoms with van der Waals surface area (Å²) in [6.07, 6.45) is 3.28. The molecular weight excluding hydrogens is 558 g/mol. The quantitative estimate of drug-likeness (QED) is 0.148.